The maximum atomic E-state index is 12.7. The lowest BCUT2D eigenvalue weighted by Gasteiger charge is -2.23. The number of hydrogen-bond donors (Lipinski definition) is 1. The van der Waals surface area contributed by atoms with Crippen molar-refractivity contribution in [1.29, 1.82) is 0 Å². The van der Waals surface area contributed by atoms with Gasteiger partial charge in [-0.25, -0.2) is 0 Å². The molecule has 2 unspecified atom stereocenters. The highest BCUT2D eigenvalue weighted by Crippen LogP contribution is 2.32. The lowest BCUT2D eigenvalue weighted by atomic mass is 10.0. The molecule has 0 spiro atoms. The molecular weight excluding hydrogens is 300 g/mol. The Hall–Kier alpha value is -0.520. The molecule has 2 heterocycles. The van der Waals surface area contributed by atoms with Gasteiger partial charge in [0.05, 0.1) is 6.04 Å². The summed E-state index contributed by atoms with van der Waals surface area (Å²) >= 11 is 3.63. The first-order valence-electron chi connectivity index (χ1n) is 7.64. The van der Waals surface area contributed by atoms with Crippen LogP contribution in [0.1, 0.15) is 42.6 Å². The number of carbonyl (C=O) groups is 1. The second kappa shape index (κ2) is 7.65. The van der Waals surface area contributed by atoms with E-state index in [0.29, 0.717) is 5.92 Å². The number of nitrogens with one attached hydrogen (secondary N) is 1. The van der Waals surface area contributed by atoms with Gasteiger partial charge < -0.3 is 4.90 Å². The molecule has 1 N–H and O–H groups in total. The molecule has 2 rings (SSSR count). The standard InChI is InChI=1S/C16H26N2OS2/c1-11(2)10-13-16(19)18(8-5-9-20-4)15(17-13)14-7-6-12(3)21-14/h6-7,11,13,15,17H,5,8-10H2,1-4H3. The van der Waals surface area contributed by atoms with Crippen LogP contribution in [-0.2, 0) is 4.79 Å². The third-order valence-electron chi connectivity index (χ3n) is 3.74. The molecule has 1 amide bonds. The first-order chi connectivity index (χ1) is 10.0. The monoisotopic (exact) mass is 326 g/mol. The van der Waals surface area contributed by atoms with E-state index in [1.54, 1.807) is 11.3 Å². The molecule has 21 heavy (non-hydrogen) atoms. The number of rotatable bonds is 7. The van der Waals surface area contributed by atoms with Crippen molar-refractivity contribution >= 4 is 29.0 Å². The van der Waals surface area contributed by atoms with Gasteiger partial charge in [0.15, 0.2) is 0 Å². The van der Waals surface area contributed by atoms with Gasteiger partial charge in [0.25, 0.3) is 0 Å². The summed E-state index contributed by atoms with van der Waals surface area (Å²) in [6, 6.07) is 4.28. The van der Waals surface area contributed by atoms with Gasteiger partial charge in [-0.05, 0) is 49.8 Å². The van der Waals surface area contributed by atoms with Crippen molar-refractivity contribution in [3.8, 4) is 0 Å². The summed E-state index contributed by atoms with van der Waals surface area (Å²) in [5, 5.41) is 3.56. The minimum atomic E-state index is -0.0216. The predicted molar refractivity (Wildman–Crippen MR) is 92.9 cm³/mol. The second-order valence-corrected chi connectivity index (χ2v) is 8.38. The van der Waals surface area contributed by atoms with Crippen molar-refractivity contribution in [2.24, 2.45) is 5.92 Å². The van der Waals surface area contributed by atoms with Crippen LogP contribution >= 0.6 is 23.1 Å². The molecule has 0 aliphatic carbocycles. The zero-order valence-corrected chi connectivity index (χ0v) is 15.0. The molecule has 0 radical (unpaired) electrons. The molecule has 1 aliphatic rings. The highest BCUT2D eigenvalue weighted by molar-refractivity contribution is 7.98. The summed E-state index contributed by atoms with van der Waals surface area (Å²) in [7, 11) is 0. The van der Waals surface area contributed by atoms with Gasteiger partial charge in [0, 0.05) is 16.3 Å². The number of hydrogen-bond acceptors (Lipinski definition) is 4. The first kappa shape index (κ1) is 16.8. The molecule has 5 heteroatoms. The topological polar surface area (TPSA) is 32.3 Å². The Bertz CT molecular complexity index is 473. The third kappa shape index (κ3) is 4.24. The molecule has 1 aromatic rings. The number of nitrogens with zero attached hydrogens (tertiary/aromatic N) is 1. The van der Waals surface area contributed by atoms with E-state index in [1.807, 2.05) is 11.8 Å². The second-order valence-electron chi connectivity index (χ2n) is 6.08. The highest BCUT2D eigenvalue weighted by atomic mass is 32.2. The minimum absolute atomic E-state index is 0.0216. The van der Waals surface area contributed by atoms with E-state index in [9.17, 15) is 4.79 Å². The molecule has 3 nitrogen and oxygen atoms in total. The summed E-state index contributed by atoms with van der Waals surface area (Å²) in [6.45, 7) is 7.32. The van der Waals surface area contributed by atoms with Gasteiger partial charge in [-0.1, -0.05) is 13.8 Å². The zero-order chi connectivity index (χ0) is 15.4. The largest absolute Gasteiger partial charge is 0.321 e. The summed E-state index contributed by atoms with van der Waals surface area (Å²) in [4.78, 5) is 17.3. The number of aryl methyl sites for hydroxylation is 1. The van der Waals surface area contributed by atoms with Crippen LogP contribution < -0.4 is 5.32 Å². The predicted octanol–water partition coefficient (Wildman–Crippen LogP) is 3.65. The molecule has 2 atom stereocenters. The third-order valence-corrected chi connectivity index (χ3v) is 5.49. The van der Waals surface area contributed by atoms with Crippen molar-refractivity contribution in [2.45, 2.75) is 45.8 Å². The van der Waals surface area contributed by atoms with Crippen molar-refractivity contribution in [2.75, 3.05) is 18.6 Å². The highest BCUT2D eigenvalue weighted by Gasteiger charge is 2.39. The Kier molecular flexibility index (Phi) is 6.14. The molecule has 1 aliphatic heterocycles. The van der Waals surface area contributed by atoms with E-state index in [-0.39, 0.29) is 18.1 Å². The quantitative estimate of drug-likeness (QED) is 0.776. The molecule has 0 bridgehead atoms. The van der Waals surface area contributed by atoms with E-state index in [4.69, 9.17) is 0 Å². The number of carbonyl (C=O) groups excluding carboxylic acids is 1. The summed E-state index contributed by atoms with van der Waals surface area (Å²) < 4.78 is 0. The lowest BCUT2D eigenvalue weighted by molar-refractivity contribution is -0.130. The zero-order valence-electron chi connectivity index (χ0n) is 13.4. The Morgan fingerprint density at radius 3 is 2.76 bits per heavy atom. The average Bonchev–Trinajstić information content (AvgIpc) is 2.96. The van der Waals surface area contributed by atoms with Crippen LogP contribution in [0.25, 0.3) is 0 Å². The fourth-order valence-electron chi connectivity index (χ4n) is 2.77. The summed E-state index contributed by atoms with van der Waals surface area (Å²) in [5.74, 6) is 1.92. The Morgan fingerprint density at radius 2 is 2.19 bits per heavy atom. The van der Waals surface area contributed by atoms with E-state index in [1.165, 1.54) is 9.75 Å². The maximum absolute atomic E-state index is 12.7. The van der Waals surface area contributed by atoms with Crippen LogP contribution in [0.2, 0.25) is 0 Å². The average molecular weight is 327 g/mol. The molecule has 1 aromatic heterocycles. The maximum Gasteiger partial charge on any atom is 0.241 e. The first-order valence-corrected chi connectivity index (χ1v) is 9.85. The number of amides is 1. The van der Waals surface area contributed by atoms with E-state index < -0.39 is 0 Å². The Morgan fingerprint density at radius 1 is 1.43 bits per heavy atom. The van der Waals surface area contributed by atoms with Crippen molar-refractivity contribution in [3.63, 3.8) is 0 Å². The van der Waals surface area contributed by atoms with E-state index in [0.717, 1.165) is 25.1 Å². The number of thiophene rings is 1. The van der Waals surface area contributed by atoms with Crippen LogP contribution in [0, 0.1) is 12.8 Å². The lowest BCUT2D eigenvalue weighted by Crippen LogP contribution is -2.32. The Balaban J connectivity index is 2.12. The summed E-state index contributed by atoms with van der Waals surface area (Å²) in [6.07, 6.45) is 4.16. The normalized spacial score (nSPS) is 22.5. The van der Waals surface area contributed by atoms with Crippen LogP contribution in [0.15, 0.2) is 12.1 Å². The van der Waals surface area contributed by atoms with Gasteiger partial charge in [-0.3, -0.25) is 10.1 Å². The molecule has 1 fully saturated rings. The Labute approximate surface area is 136 Å². The molecule has 0 aromatic carbocycles. The van der Waals surface area contributed by atoms with Gasteiger partial charge in [-0.2, -0.15) is 11.8 Å². The van der Waals surface area contributed by atoms with E-state index >= 15 is 0 Å². The SMILES string of the molecule is CSCCCN1C(=O)C(CC(C)C)NC1c1ccc(C)s1. The van der Waals surface area contributed by atoms with Gasteiger partial charge in [0.2, 0.25) is 5.91 Å². The van der Waals surface area contributed by atoms with Gasteiger partial charge >= 0.3 is 0 Å². The molecule has 1 saturated heterocycles. The van der Waals surface area contributed by atoms with Crippen LogP contribution in [0.4, 0.5) is 0 Å². The minimum Gasteiger partial charge on any atom is -0.321 e. The number of thioether (sulfide) groups is 1. The van der Waals surface area contributed by atoms with Crippen LogP contribution in [-0.4, -0.2) is 35.4 Å². The van der Waals surface area contributed by atoms with Crippen LogP contribution in [0.5, 0.6) is 0 Å². The molecular formula is C16H26N2OS2. The van der Waals surface area contributed by atoms with E-state index in [2.05, 4.69) is 49.4 Å². The molecule has 0 saturated carbocycles. The fourth-order valence-corrected chi connectivity index (χ4v) is 4.14. The van der Waals surface area contributed by atoms with Crippen molar-refractivity contribution in [3.05, 3.63) is 21.9 Å². The van der Waals surface area contributed by atoms with Crippen molar-refractivity contribution in [1.82, 2.24) is 10.2 Å². The van der Waals surface area contributed by atoms with Gasteiger partial charge in [-0.15, -0.1) is 11.3 Å². The summed E-state index contributed by atoms with van der Waals surface area (Å²) in [5.41, 5.74) is 0. The smallest absolute Gasteiger partial charge is 0.241 e. The van der Waals surface area contributed by atoms with Gasteiger partial charge in [0.1, 0.15) is 6.17 Å². The van der Waals surface area contributed by atoms with Crippen molar-refractivity contribution < 1.29 is 4.79 Å². The fraction of sp³-hybridized carbons (Fsp3) is 0.688. The van der Waals surface area contributed by atoms with Crippen LogP contribution in [0.3, 0.4) is 0 Å². The molecule has 118 valence electrons.